The van der Waals surface area contributed by atoms with E-state index in [2.05, 4.69) is 38.6 Å². The first-order valence-electron chi connectivity index (χ1n) is 5.05. The van der Waals surface area contributed by atoms with Crippen molar-refractivity contribution >= 4 is 12.6 Å². The van der Waals surface area contributed by atoms with Gasteiger partial charge in [0, 0.05) is 11.5 Å². The van der Waals surface area contributed by atoms with Gasteiger partial charge in [-0.2, -0.15) is 0 Å². The van der Waals surface area contributed by atoms with Crippen molar-refractivity contribution in [1.82, 2.24) is 0 Å². The molecule has 0 aliphatic rings. The number of rotatable bonds is 4. The third-order valence-electron chi connectivity index (χ3n) is 2.17. The van der Waals surface area contributed by atoms with E-state index >= 15 is 0 Å². The largest absolute Gasteiger partial charge is 0.374 e. The van der Waals surface area contributed by atoms with Gasteiger partial charge in [-0.05, 0) is 30.5 Å². The third kappa shape index (κ3) is 3.03. The molecule has 1 nitrogen and oxygen atoms in total. The van der Waals surface area contributed by atoms with Crippen molar-refractivity contribution in [2.24, 2.45) is 5.92 Å². The van der Waals surface area contributed by atoms with Gasteiger partial charge in [0.15, 0.2) is 0 Å². The molecule has 1 atom stereocenters. The van der Waals surface area contributed by atoms with E-state index in [1.807, 2.05) is 19.1 Å². The fourth-order valence-corrected chi connectivity index (χ4v) is 1.67. The Bertz CT molecular complexity index is 266. The molecule has 1 aromatic rings. The summed E-state index contributed by atoms with van der Waals surface area (Å²) in [5.41, 5.74) is 1.24. The summed E-state index contributed by atoms with van der Waals surface area (Å²) in [4.78, 5) is 0.993. The van der Waals surface area contributed by atoms with Gasteiger partial charge in [0.05, 0.1) is 6.10 Å². The molecule has 0 radical (unpaired) electrons. The number of ether oxygens (including phenoxy) is 1. The first kappa shape index (κ1) is 11.6. The van der Waals surface area contributed by atoms with Crippen molar-refractivity contribution in [2.75, 3.05) is 6.61 Å². The minimum absolute atomic E-state index is 0.203. The Balaban J connectivity index is 2.82. The predicted molar refractivity (Wildman–Crippen MR) is 62.9 cm³/mol. The van der Waals surface area contributed by atoms with Gasteiger partial charge in [0.1, 0.15) is 0 Å². The summed E-state index contributed by atoms with van der Waals surface area (Å²) < 4.78 is 5.70. The second-order valence-electron chi connectivity index (χ2n) is 3.71. The van der Waals surface area contributed by atoms with Gasteiger partial charge < -0.3 is 4.74 Å². The minimum Gasteiger partial charge on any atom is -0.374 e. The minimum atomic E-state index is 0.203. The van der Waals surface area contributed by atoms with Crippen LogP contribution in [0.5, 0.6) is 0 Å². The summed E-state index contributed by atoms with van der Waals surface area (Å²) in [5, 5.41) is 0. The second kappa shape index (κ2) is 5.42. The maximum atomic E-state index is 5.70. The van der Waals surface area contributed by atoms with Crippen LogP contribution in [0.1, 0.15) is 32.4 Å². The summed E-state index contributed by atoms with van der Waals surface area (Å²) in [5.74, 6) is 0.501. The van der Waals surface area contributed by atoms with Crippen molar-refractivity contribution in [3.8, 4) is 0 Å². The topological polar surface area (TPSA) is 9.23 Å². The molecular formula is C12H18OS. The average Bonchev–Trinajstić information content (AvgIpc) is 2.15. The van der Waals surface area contributed by atoms with E-state index < -0.39 is 0 Å². The van der Waals surface area contributed by atoms with Gasteiger partial charge in [0.25, 0.3) is 0 Å². The van der Waals surface area contributed by atoms with Gasteiger partial charge >= 0.3 is 0 Å². The molecule has 14 heavy (non-hydrogen) atoms. The average molecular weight is 210 g/mol. The molecule has 0 aromatic heterocycles. The van der Waals surface area contributed by atoms with E-state index in [0.29, 0.717) is 5.92 Å². The quantitative estimate of drug-likeness (QED) is 0.745. The van der Waals surface area contributed by atoms with E-state index in [9.17, 15) is 0 Å². The third-order valence-corrected chi connectivity index (χ3v) is 2.47. The summed E-state index contributed by atoms with van der Waals surface area (Å²) in [6.45, 7) is 7.14. The zero-order chi connectivity index (χ0) is 10.6. The molecule has 0 fully saturated rings. The van der Waals surface area contributed by atoms with Crippen LogP contribution in [0, 0.1) is 5.92 Å². The molecule has 0 aliphatic carbocycles. The predicted octanol–water partition coefficient (Wildman–Crippen LogP) is 3.71. The number of thiol groups is 1. The lowest BCUT2D eigenvalue weighted by Crippen LogP contribution is -2.10. The van der Waals surface area contributed by atoms with Crippen molar-refractivity contribution in [1.29, 1.82) is 0 Å². The first-order valence-corrected chi connectivity index (χ1v) is 5.50. The highest BCUT2D eigenvalue weighted by Crippen LogP contribution is 2.26. The highest BCUT2D eigenvalue weighted by molar-refractivity contribution is 7.80. The number of hydrogen-bond acceptors (Lipinski definition) is 2. The molecule has 1 unspecified atom stereocenters. The molecule has 0 amide bonds. The van der Waals surface area contributed by atoms with E-state index in [1.54, 1.807) is 0 Å². The van der Waals surface area contributed by atoms with Crippen LogP contribution in [0.4, 0.5) is 0 Å². The van der Waals surface area contributed by atoms with Crippen molar-refractivity contribution in [3.05, 3.63) is 29.8 Å². The zero-order valence-corrected chi connectivity index (χ0v) is 9.92. The van der Waals surface area contributed by atoms with Crippen LogP contribution in [0.2, 0.25) is 0 Å². The standard InChI is InChI=1S/C12H18OS/c1-4-13-12(9(2)3)10-5-7-11(14)8-6-10/h5-9,12,14H,4H2,1-3H3. The van der Waals surface area contributed by atoms with Crippen molar-refractivity contribution in [2.45, 2.75) is 31.8 Å². The van der Waals surface area contributed by atoms with Gasteiger partial charge in [0.2, 0.25) is 0 Å². The fourth-order valence-electron chi connectivity index (χ4n) is 1.52. The maximum Gasteiger partial charge on any atom is 0.0847 e. The molecule has 0 N–H and O–H groups in total. The molecule has 0 spiro atoms. The molecule has 1 rings (SSSR count). The van der Waals surface area contributed by atoms with E-state index in [1.165, 1.54) is 5.56 Å². The summed E-state index contributed by atoms with van der Waals surface area (Å²) in [6, 6.07) is 8.19. The lowest BCUT2D eigenvalue weighted by Gasteiger charge is -2.21. The van der Waals surface area contributed by atoms with Crippen molar-refractivity contribution in [3.63, 3.8) is 0 Å². The van der Waals surface area contributed by atoms with Crippen LogP contribution in [0.25, 0.3) is 0 Å². The number of benzene rings is 1. The smallest absolute Gasteiger partial charge is 0.0847 e. The van der Waals surface area contributed by atoms with Crippen LogP contribution in [0.3, 0.4) is 0 Å². The van der Waals surface area contributed by atoms with Crippen LogP contribution in [0.15, 0.2) is 29.2 Å². The van der Waals surface area contributed by atoms with Gasteiger partial charge in [-0.15, -0.1) is 12.6 Å². The van der Waals surface area contributed by atoms with Crippen LogP contribution in [-0.4, -0.2) is 6.61 Å². The Labute approximate surface area is 91.9 Å². The van der Waals surface area contributed by atoms with Gasteiger partial charge in [-0.1, -0.05) is 26.0 Å². The van der Waals surface area contributed by atoms with E-state index in [4.69, 9.17) is 4.74 Å². The SMILES string of the molecule is CCOC(c1ccc(S)cc1)C(C)C. The van der Waals surface area contributed by atoms with Crippen LogP contribution in [-0.2, 0) is 4.74 Å². The molecule has 0 aliphatic heterocycles. The normalized spacial score (nSPS) is 13.2. The second-order valence-corrected chi connectivity index (χ2v) is 4.23. The molecule has 0 heterocycles. The number of hydrogen-bond donors (Lipinski definition) is 1. The van der Waals surface area contributed by atoms with Crippen molar-refractivity contribution < 1.29 is 4.74 Å². The van der Waals surface area contributed by atoms with Gasteiger partial charge in [-0.25, -0.2) is 0 Å². The fraction of sp³-hybridized carbons (Fsp3) is 0.500. The Morgan fingerprint density at radius 2 is 1.79 bits per heavy atom. The highest BCUT2D eigenvalue weighted by atomic mass is 32.1. The summed E-state index contributed by atoms with van der Waals surface area (Å²) in [6.07, 6.45) is 0.203. The van der Waals surface area contributed by atoms with Crippen LogP contribution < -0.4 is 0 Å². The molecule has 0 saturated heterocycles. The summed E-state index contributed by atoms with van der Waals surface area (Å²) in [7, 11) is 0. The van der Waals surface area contributed by atoms with E-state index in [-0.39, 0.29) is 6.10 Å². The Hall–Kier alpha value is -0.470. The van der Waals surface area contributed by atoms with Crippen LogP contribution >= 0.6 is 12.6 Å². The molecule has 78 valence electrons. The zero-order valence-electron chi connectivity index (χ0n) is 9.03. The van der Waals surface area contributed by atoms with E-state index in [0.717, 1.165) is 11.5 Å². The lowest BCUT2D eigenvalue weighted by molar-refractivity contribution is 0.0294. The summed E-state index contributed by atoms with van der Waals surface area (Å²) >= 11 is 4.26. The highest BCUT2D eigenvalue weighted by Gasteiger charge is 2.14. The Morgan fingerprint density at radius 3 is 2.21 bits per heavy atom. The lowest BCUT2D eigenvalue weighted by atomic mass is 9.99. The first-order chi connectivity index (χ1) is 6.65. The molecule has 1 aromatic carbocycles. The molecule has 0 saturated carbocycles. The Morgan fingerprint density at radius 1 is 1.21 bits per heavy atom. The molecule has 0 bridgehead atoms. The van der Waals surface area contributed by atoms with Gasteiger partial charge in [-0.3, -0.25) is 0 Å². The molecule has 2 heteroatoms. The molecular weight excluding hydrogens is 192 g/mol. The maximum absolute atomic E-state index is 5.70. The monoisotopic (exact) mass is 210 g/mol. The Kier molecular flexibility index (Phi) is 4.49.